The van der Waals surface area contributed by atoms with Gasteiger partial charge >= 0.3 is 5.97 Å². The summed E-state index contributed by atoms with van der Waals surface area (Å²) in [5.41, 5.74) is 27.6. The molecule has 17 N–H and O–H groups in total. The van der Waals surface area contributed by atoms with Gasteiger partial charge in [-0.1, -0.05) is 13.8 Å². The van der Waals surface area contributed by atoms with Gasteiger partial charge in [-0.05, 0) is 56.5 Å². The zero-order valence-electron chi connectivity index (χ0n) is 35.2. The van der Waals surface area contributed by atoms with E-state index in [9.17, 15) is 43.5 Å². The van der Waals surface area contributed by atoms with Gasteiger partial charge in [0, 0.05) is 30.3 Å². The molecule has 0 aliphatic carbocycles. The number of carbonyl (C=O) groups excluding carboxylic acids is 7. The van der Waals surface area contributed by atoms with Crippen molar-refractivity contribution < 1.29 is 43.5 Å². The van der Waals surface area contributed by atoms with Crippen LogP contribution in [0.1, 0.15) is 52.4 Å². The summed E-state index contributed by atoms with van der Waals surface area (Å²) >= 11 is 10.8. The Hall–Kier alpha value is -4.34. The Bertz CT molecular complexity index is 1590. The van der Waals surface area contributed by atoms with Crippen LogP contribution < -0.4 is 60.6 Å². The summed E-state index contributed by atoms with van der Waals surface area (Å²) in [7, 11) is 0. The molecular formula is C35H64N14O9S4. The van der Waals surface area contributed by atoms with E-state index in [1.165, 1.54) is 28.4 Å². The van der Waals surface area contributed by atoms with Crippen molar-refractivity contribution in [1.29, 1.82) is 0 Å². The van der Waals surface area contributed by atoms with Crippen molar-refractivity contribution in [1.82, 2.24) is 36.8 Å². The number of hydrogen-bond acceptors (Lipinski definition) is 15. The first-order valence-electron chi connectivity index (χ1n) is 19.7. The predicted octanol–water partition coefficient (Wildman–Crippen LogP) is -4.39. The molecule has 0 saturated carbocycles. The number of amides is 7. The third-order valence-electron chi connectivity index (χ3n) is 8.96. The number of carboxylic acids is 1. The van der Waals surface area contributed by atoms with Gasteiger partial charge in [-0.3, -0.25) is 43.5 Å². The number of aliphatic carboxylic acids is 1. The van der Waals surface area contributed by atoms with E-state index in [0.29, 0.717) is 5.75 Å². The van der Waals surface area contributed by atoms with Crippen LogP contribution in [0, 0.1) is 5.92 Å². The zero-order chi connectivity index (χ0) is 46.9. The largest absolute Gasteiger partial charge is 0.480 e. The molecule has 1 rings (SSSR count). The average molecular weight is 953 g/mol. The Balaban J connectivity index is 3.35. The van der Waals surface area contributed by atoms with E-state index in [4.69, 9.17) is 28.7 Å². The van der Waals surface area contributed by atoms with Crippen molar-refractivity contribution in [3.05, 3.63) is 0 Å². The minimum Gasteiger partial charge on any atom is -0.480 e. The predicted molar refractivity (Wildman–Crippen MR) is 246 cm³/mol. The van der Waals surface area contributed by atoms with Gasteiger partial charge in [0.15, 0.2) is 11.9 Å². The first-order valence-corrected chi connectivity index (χ1v) is 23.5. The lowest BCUT2D eigenvalue weighted by molar-refractivity contribution is -0.142. The maximum atomic E-state index is 14.1. The lowest BCUT2D eigenvalue weighted by Crippen LogP contribution is -2.60. The Kier molecular flexibility index (Phi) is 26.8. The average Bonchev–Trinajstić information content (AvgIpc) is 3.71. The van der Waals surface area contributed by atoms with Crippen molar-refractivity contribution in [2.75, 3.05) is 54.8 Å². The van der Waals surface area contributed by atoms with Gasteiger partial charge in [0.2, 0.25) is 41.4 Å². The molecule has 0 aromatic carbocycles. The van der Waals surface area contributed by atoms with Crippen LogP contribution in [0.2, 0.25) is 0 Å². The van der Waals surface area contributed by atoms with E-state index in [1.54, 1.807) is 13.8 Å². The number of hydrogen-bond donors (Lipinski definition) is 14. The van der Waals surface area contributed by atoms with Crippen LogP contribution in [-0.2, 0) is 38.4 Å². The maximum absolute atomic E-state index is 14.1. The number of rotatable bonds is 29. The Morgan fingerprint density at radius 3 is 1.82 bits per heavy atom. The third kappa shape index (κ3) is 21.2. The minimum atomic E-state index is -1.32. The summed E-state index contributed by atoms with van der Waals surface area (Å²) in [6, 6.07) is -7.98. The fourth-order valence-electron chi connectivity index (χ4n) is 5.71. The number of carbonyl (C=O) groups is 8. The van der Waals surface area contributed by atoms with Gasteiger partial charge in [0.25, 0.3) is 0 Å². The number of nitrogens with zero attached hydrogens (tertiary/aromatic N) is 3. The fourth-order valence-corrected chi connectivity index (χ4v) is 7.76. The van der Waals surface area contributed by atoms with Crippen LogP contribution in [0.3, 0.4) is 0 Å². The summed E-state index contributed by atoms with van der Waals surface area (Å²) in [6.45, 7) is 3.19. The molecule has 7 atom stereocenters. The van der Waals surface area contributed by atoms with Gasteiger partial charge in [-0.15, -0.1) is 11.8 Å². The van der Waals surface area contributed by atoms with Crippen molar-refractivity contribution in [2.45, 2.75) is 94.7 Å². The van der Waals surface area contributed by atoms with Gasteiger partial charge < -0.3 is 70.6 Å². The Labute approximate surface area is 380 Å². The summed E-state index contributed by atoms with van der Waals surface area (Å²) in [5.74, 6) is -5.96. The van der Waals surface area contributed by atoms with Gasteiger partial charge in [-0.25, -0.2) is 4.79 Å². The molecule has 27 heteroatoms. The lowest BCUT2D eigenvalue weighted by atomic mass is 10.0. The lowest BCUT2D eigenvalue weighted by Gasteiger charge is -2.30. The van der Waals surface area contributed by atoms with E-state index in [2.05, 4.69) is 67.1 Å². The second-order valence-corrected chi connectivity index (χ2v) is 17.2. The second-order valence-electron chi connectivity index (χ2n) is 14.5. The number of thioether (sulfide) groups is 2. The molecule has 0 aromatic heterocycles. The molecule has 1 aliphatic rings. The van der Waals surface area contributed by atoms with Gasteiger partial charge in [0.1, 0.15) is 36.3 Å². The number of carboxylic acid groups (broad SMARTS) is 1. The van der Waals surface area contributed by atoms with Crippen LogP contribution in [0.25, 0.3) is 0 Å². The van der Waals surface area contributed by atoms with Crippen molar-refractivity contribution in [2.24, 2.45) is 44.6 Å². The van der Waals surface area contributed by atoms with Crippen molar-refractivity contribution in [3.8, 4) is 0 Å². The quantitative estimate of drug-likeness (QED) is 0.0146. The third-order valence-corrected chi connectivity index (χ3v) is 11.4. The van der Waals surface area contributed by atoms with E-state index >= 15 is 0 Å². The minimum absolute atomic E-state index is 0.00534. The molecule has 23 nitrogen and oxygen atoms in total. The number of aliphatic imine (C=N–C) groups is 2. The number of nitrogens with two attached hydrogens (primary N) is 5. The monoisotopic (exact) mass is 952 g/mol. The fraction of sp³-hybridized carbons (Fsp3) is 0.714. The molecule has 0 radical (unpaired) electrons. The van der Waals surface area contributed by atoms with Gasteiger partial charge in [-0.2, -0.15) is 37.0 Å². The molecule has 1 heterocycles. The van der Waals surface area contributed by atoms with E-state index in [1.807, 2.05) is 6.26 Å². The van der Waals surface area contributed by atoms with Crippen LogP contribution >= 0.6 is 48.8 Å². The highest BCUT2D eigenvalue weighted by atomic mass is 32.2. The van der Waals surface area contributed by atoms with Crippen LogP contribution in [0.5, 0.6) is 0 Å². The molecule has 0 aromatic rings. The first kappa shape index (κ1) is 55.7. The molecule has 62 heavy (non-hydrogen) atoms. The topological polar surface area (TPSA) is 387 Å². The van der Waals surface area contributed by atoms with Crippen LogP contribution in [-0.4, -0.2) is 166 Å². The summed E-state index contributed by atoms with van der Waals surface area (Å²) in [4.78, 5) is 115. The summed E-state index contributed by atoms with van der Waals surface area (Å²) in [5, 5.41) is 24.6. The van der Waals surface area contributed by atoms with Crippen molar-refractivity contribution in [3.63, 3.8) is 0 Å². The highest BCUT2D eigenvalue weighted by Crippen LogP contribution is 2.23. The normalized spacial score (nSPS) is 16.3. The summed E-state index contributed by atoms with van der Waals surface area (Å²) in [6.07, 6.45) is 2.66. The highest BCUT2D eigenvalue weighted by Gasteiger charge is 2.40. The van der Waals surface area contributed by atoms with E-state index < -0.39 is 96.2 Å². The Morgan fingerprint density at radius 1 is 0.758 bits per heavy atom. The SMILES string of the molecule is CSCC[C@H](NC(=O)[C@H](N)CS)C(=O)N1CSCC1C(=O)N[C@@H](CCCN=C(N)N)C(=O)N[C@@H](CC(C)C)C(=O)N[C@@H](CCCN=C(N)N)C(=O)NCC(=O)N[C@@H](CS)C(=O)O. The smallest absolute Gasteiger partial charge is 0.327 e. The molecule has 1 saturated heterocycles. The highest BCUT2D eigenvalue weighted by molar-refractivity contribution is 7.99. The van der Waals surface area contributed by atoms with Crippen LogP contribution in [0.15, 0.2) is 9.98 Å². The number of thiol groups is 2. The number of guanidine groups is 2. The molecular weight excluding hydrogens is 889 g/mol. The van der Waals surface area contributed by atoms with E-state index in [0.717, 1.165) is 0 Å². The van der Waals surface area contributed by atoms with E-state index in [-0.39, 0.29) is 92.6 Å². The molecule has 0 bridgehead atoms. The standard InChI is InChI=1S/C35H64N14O9S4/c1-18(2)12-23(30(54)45-20(6-4-9-41-34(37)38)28(52)43-13-26(50)44-24(15-60)33(57)58)48-29(53)21(7-5-10-42-35(39)40)46-31(55)25-16-62-17-49(25)32(56)22(8-11-61-3)47-27(51)19(36)14-59/h18-25,59-60H,4-17,36H2,1-3H3,(H,43,52)(H,44,50)(H,45,54)(H,46,55)(H,47,51)(H,48,53)(H,57,58)(H4,37,38,41)(H4,39,40,42)/t19-,20+,21+,22+,23+,24+,25?/m1/s1. The molecule has 1 aliphatic heterocycles. The molecule has 1 unspecified atom stereocenters. The molecule has 0 spiro atoms. The second kappa shape index (κ2) is 29.9. The molecule has 352 valence electrons. The zero-order valence-corrected chi connectivity index (χ0v) is 38.6. The van der Waals surface area contributed by atoms with Crippen molar-refractivity contribution >= 4 is 108 Å². The van der Waals surface area contributed by atoms with Crippen LogP contribution in [0.4, 0.5) is 0 Å². The Morgan fingerprint density at radius 2 is 1.31 bits per heavy atom. The molecule has 7 amide bonds. The summed E-state index contributed by atoms with van der Waals surface area (Å²) < 4.78 is 0. The number of nitrogens with one attached hydrogen (secondary N) is 6. The van der Waals surface area contributed by atoms with Gasteiger partial charge in [0.05, 0.1) is 18.5 Å². The maximum Gasteiger partial charge on any atom is 0.327 e. The molecule has 1 fully saturated rings. The first-order chi connectivity index (χ1) is 29.2.